The molecule has 17 heavy (non-hydrogen) atoms. The molecule has 0 fully saturated rings. The summed E-state index contributed by atoms with van der Waals surface area (Å²) in [5.41, 5.74) is 0.297. The summed E-state index contributed by atoms with van der Waals surface area (Å²) in [5, 5.41) is 11.8. The average Bonchev–Trinajstić information content (AvgIpc) is 2.29. The van der Waals surface area contributed by atoms with Crippen LogP contribution in [0.15, 0.2) is 30.9 Å². The molecule has 0 aromatic heterocycles. The van der Waals surface area contributed by atoms with Gasteiger partial charge in [-0.3, -0.25) is 0 Å². The first kappa shape index (κ1) is 13.2. The minimum absolute atomic E-state index is 0.0616. The average molecular weight is 237 g/mol. The summed E-state index contributed by atoms with van der Waals surface area (Å²) >= 11 is 0. The molecular formula is C13H16FNO2. The van der Waals surface area contributed by atoms with Crippen LogP contribution in [0, 0.1) is 5.82 Å². The van der Waals surface area contributed by atoms with Gasteiger partial charge < -0.3 is 10.4 Å². The van der Waals surface area contributed by atoms with Crippen LogP contribution in [0.25, 0.3) is 0 Å². The third kappa shape index (κ3) is 3.90. The molecule has 0 saturated heterocycles. The Morgan fingerprint density at radius 2 is 2.35 bits per heavy atom. The molecule has 0 aliphatic rings. The molecule has 0 heterocycles. The predicted molar refractivity (Wildman–Crippen MR) is 65.9 cm³/mol. The van der Waals surface area contributed by atoms with E-state index in [1.165, 1.54) is 12.1 Å². The Labute approximate surface area is 100.0 Å². The molecule has 1 unspecified atom stereocenters. The zero-order valence-electron chi connectivity index (χ0n) is 9.74. The van der Waals surface area contributed by atoms with Gasteiger partial charge in [-0.2, -0.15) is 0 Å². The first-order chi connectivity index (χ1) is 8.04. The highest BCUT2D eigenvalue weighted by Gasteiger charge is 2.10. The van der Waals surface area contributed by atoms with Crippen molar-refractivity contribution in [1.82, 2.24) is 0 Å². The van der Waals surface area contributed by atoms with Crippen LogP contribution in [0.5, 0.6) is 0 Å². The van der Waals surface area contributed by atoms with E-state index in [0.29, 0.717) is 0 Å². The van der Waals surface area contributed by atoms with Crippen molar-refractivity contribution < 1.29 is 14.3 Å². The second-order valence-electron chi connectivity index (χ2n) is 3.91. The number of rotatable bonds is 6. The lowest BCUT2D eigenvalue weighted by atomic mass is 10.1. The van der Waals surface area contributed by atoms with E-state index < -0.39 is 11.8 Å². The first-order valence-corrected chi connectivity index (χ1v) is 5.45. The van der Waals surface area contributed by atoms with Gasteiger partial charge in [0.25, 0.3) is 0 Å². The first-order valence-electron chi connectivity index (χ1n) is 5.45. The summed E-state index contributed by atoms with van der Waals surface area (Å²) in [4.78, 5) is 10.8. The Bertz CT molecular complexity index is 418. The van der Waals surface area contributed by atoms with Gasteiger partial charge in [0.05, 0.1) is 11.3 Å². The number of allylic oxidation sites excluding steroid dienone is 1. The Morgan fingerprint density at radius 1 is 1.65 bits per heavy atom. The standard InChI is InChI=1S/C13H16FNO2/c1-3-4-5-9(2)15-12-8-10(13(16)17)6-7-11(12)14/h3,6-9,15H,1,4-5H2,2H3,(H,16,17). The molecule has 1 aromatic carbocycles. The van der Waals surface area contributed by atoms with Crippen molar-refractivity contribution in [3.63, 3.8) is 0 Å². The van der Waals surface area contributed by atoms with Crippen molar-refractivity contribution in [2.45, 2.75) is 25.8 Å². The number of halogens is 1. The quantitative estimate of drug-likeness (QED) is 0.746. The maximum atomic E-state index is 13.4. The van der Waals surface area contributed by atoms with Gasteiger partial charge in [-0.25, -0.2) is 9.18 Å². The summed E-state index contributed by atoms with van der Waals surface area (Å²) < 4.78 is 13.4. The molecule has 0 aliphatic carbocycles. The Kier molecular flexibility index (Phi) is 4.69. The van der Waals surface area contributed by atoms with Gasteiger partial charge in [0.1, 0.15) is 5.82 Å². The number of benzene rings is 1. The molecule has 0 spiro atoms. The maximum absolute atomic E-state index is 13.4. The van der Waals surface area contributed by atoms with Gasteiger partial charge in [0.15, 0.2) is 0 Å². The Balaban J connectivity index is 2.78. The van der Waals surface area contributed by atoms with Gasteiger partial charge >= 0.3 is 5.97 Å². The van der Waals surface area contributed by atoms with E-state index >= 15 is 0 Å². The van der Waals surface area contributed by atoms with Gasteiger partial charge in [0, 0.05) is 6.04 Å². The summed E-state index contributed by atoms with van der Waals surface area (Å²) in [5.74, 6) is -1.51. The van der Waals surface area contributed by atoms with E-state index in [4.69, 9.17) is 5.11 Å². The highest BCUT2D eigenvalue weighted by molar-refractivity contribution is 5.88. The number of carbonyl (C=O) groups is 1. The lowest BCUT2D eigenvalue weighted by Gasteiger charge is -2.15. The summed E-state index contributed by atoms with van der Waals surface area (Å²) in [7, 11) is 0. The lowest BCUT2D eigenvalue weighted by Crippen LogP contribution is -2.16. The second kappa shape index (κ2) is 6.03. The summed E-state index contributed by atoms with van der Waals surface area (Å²) in [6, 6.07) is 3.78. The number of nitrogens with one attached hydrogen (secondary N) is 1. The topological polar surface area (TPSA) is 49.3 Å². The second-order valence-corrected chi connectivity index (χ2v) is 3.91. The number of aromatic carboxylic acids is 1. The molecule has 0 amide bonds. The maximum Gasteiger partial charge on any atom is 0.335 e. The van der Waals surface area contributed by atoms with E-state index in [1.54, 1.807) is 6.08 Å². The third-order valence-electron chi connectivity index (χ3n) is 2.42. The van der Waals surface area contributed by atoms with Gasteiger partial charge in [0.2, 0.25) is 0 Å². The fourth-order valence-corrected chi connectivity index (χ4v) is 1.47. The monoisotopic (exact) mass is 237 g/mol. The smallest absolute Gasteiger partial charge is 0.335 e. The third-order valence-corrected chi connectivity index (χ3v) is 2.42. The number of hydrogen-bond acceptors (Lipinski definition) is 2. The number of anilines is 1. The number of carboxylic acids is 1. The normalized spacial score (nSPS) is 11.9. The van der Waals surface area contributed by atoms with E-state index in [1.807, 2.05) is 6.92 Å². The SMILES string of the molecule is C=CCCC(C)Nc1cc(C(=O)O)ccc1F. The van der Waals surface area contributed by atoms with Crippen LogP contribution < -0.4 is 5.32 Å². The molecule has 3 nitrogen and oxygen atoms in total. The van der Waals surface area contributed by atoms with E-state index in [2.05, 4.69) is 11.9 Å². The molecule has 1 aromatic rings. The largest absolute Gasteiger partial charge is 0.478 e. The van der Waals surface area contributed by atoms with Gasteiger partial charge in [-0.15, -0.1) is 6.58 Å². The zero-order chi connectivity index (χ0) is 12.8. The summed E-state index contributed by atoms with van der Waals surface area (Å²) in [6.07, 6.45) is 3.44. The summed E-state index contributed by atoms with van der Waals surface area (Å²) in [6.45, 7) is 5.53. The predicted octanol–water partition coefficient (Wildman–Crippen LogP) is 3.29. The molecule has 0 saturated carbocycles. The molecule has 0 bridgehead atoms. The van der Waals surface area contributed by atoms with Crippen LogP contribution in [-0.4, -0.2) is 17.1 Å². The van der Waals surface area contributed by atoms with Crippen molar-refractivity contribution in [3.05, 3.63) is 42.2 Å². The highest BCUT2D eigenvalue weighted by atomic mass is 19.1. The van der Waals surface area contributed by atoms with E-state index in [-0.39, 0.29) is 17.3 Å². The van der Waals surface area contributed by atoms with Gasteiger partial charge in [-0.05, 0) is 38.0 Å². The van der Waals surface area contributed by atoms with Crippen molar-refractivity contribution >= 4 is 11.7 Å². The molecule has 2 N–H and O–H groups in total. The minimum atomic E-state index is -1.06. The molecule has 92 valence electrons. The van der Waals surface area contributed by atoms with Crippen LogP contribution in [0.2, 0.25) is 0 Å². The van der Waals surface area contributed by atoms with E-state index in [9.17, 15) is 9.18 Å². The van der Waals surface area contributed by atoms with Gasteiger partial charge in [-0.1, -0.05) is 6.08 Å². The zero-order valence-corrected chi connectivity index (χ0v) is 9.74. The van der Waals surface area contributed by atoms with Crippen LogP contribution in [0.4, 0.5) is 10.1 Å². The lowest BCUT2D eigenvalue weighted by molar-refractivity contribution is 0.0697. The highest BCUT2D eigenvalue weighted by Crippen LogP contribution is 2.18. The minimum Gasteiger partial charge on any atom is -0.478 e. The number of hydrogen-bond donors (Lipinski definition) is 2. The van der Waals surface area contributed by atoms with Crippen LogP contribution in [0.1, 0.15) is 30.1 Å². The van der Waals surface area contributed by atoms with E-state index in [0.717, 1.165) is 18.9 Å². The molecule has 1 atom stereocenters. The Morgan fingerprint density at radius 3 is 2.94 bits per heavy atom. The fraction of sp³-hybridized carbons (Fsp3) is 0.308. The molecular weight excluding hydrogens is 221 g/mol. The molecule has 0 aliphatic heterocycles. The van der Waals surface area contributed by atoms with Crippen molar-refractivity contribution in [1.29, 1.82) is 0 Å². The fourth-order valence-electron chi connectivity index (χ4n) is 1.47. The molecule has 1 rings (SSSR count). The molecule has 4 heteroatoms. The molecule has 0 radical (unpaired) electrons. The Hall–Kier alpha value is -1.84. The van der Waals surface area contributed by atoms with Crippen molar-refractivity contribution in [2.24, 2.45) is 0 Å². The van der Waals surface area contributed by atoms with Crippen LogP contribution in [-0.2, 0) is 0 Å². The van der Waals surface area contributed by atoms with Crippen molar-refractivity contribution in [2.75, 3.05) is 5.32 Å². The van der Waals surface area contributed by atoms with Crippen LogP contribution >= 0.6 is 0 Å². The van der Waals surface area contributed by atoms with Crippen LogP contribution in [0.3, 0.4) is 0 Å². The number of carboxylic acid groups (broad SMARTS) is 1. The van der Waals surface area contributed by atoms with Crippen molar-refractivity contribution in [3.8, 4) is 0 Å².